The van der Waals surface area contributed by atoms with Gasteiger partial charge in [0.05, 0.1) is 6.20 Å². The van der Waals surface area contributed by atoms with Crippen molar-refractivity contribution in [2.75, 3.05) is 6.54 Å². The van der Waals surface area contributed by atoms with Crippen LogP contribution in [-0.2, 0) is 13.6 Å². The molecule has 2 rings (SSSR count). The molecule has 0 saturated carbocycles. The Labute approximate surface area is 125 Å². The van der Waals surface area contributed by atoms with Gasteiger partial charge in [0.2, 0.25) is 0 Å². The van der Waals surface area contributed by atoms with Crippen molar-refractivity contribution >= 4 is 11.0 Å². The van der Waals surface area contributed by atoms with Crippen LogP contribution in [0.5, 0.6) is 0 Å². The van der Waals surface area contributed by atoms with Crippen molar-refractivity contribution in [2.24, 2.45) is 13.0 Å². The number of nitrogens with one attached hydrogen (secondary N) is 1. The molecule has 1 N–H and O–H groups in total. The summed E-state index contributed by atoms with van der Waals surface area (Å²) in [6.45, 7) is 8.06. The minimum atomic E-state index is -0.0234. The van der Waals surface area contributed by atoms with Gasteiger partial charge in [0, 0.05) is 26.2 Å². The van der Waals surface area contributed by atoms with Gasteiger partial charge in [0.1, 0.15) is 11.7 Å². The number of aromatic nitrogens is 4. The molecule has 0 aliphatic carbocycles. The first kappa shape index (κ1) is 15.7. The number of hydrogen-bond acceptors (Lipinski definition) is 4. The van der Waals surface area contributed by atoms with Gasteiger partial charge in [-0.25, -0.2) is 4.98 Å². The normalized spacial score (nSPS) is 13.2. The lowest BCUT2D eigenvalue weighted by atomic mass is 10.0. The van der Waals surface area contributed by atoms with Gasteiger partial charge in [-0.3, -0.25) is 14.0 Å². The topological polar surface area (TPSA) is 64.7 Å². The third-order valence-corrected chi connectivity index (χ3v) is 3.74. The lowest BCUT2D eigenvalue weighted by Crippen LogP contribution is -2.32. The van der Waals surface area contributed by atoms with E-state index in [2.05, 4.69) is 36.2 Å². The monoisotopic (exact) mass is 291 g/mol. The van der Waals surface area contributed by atoms with Crippen LogP contribution in [-0.4, -0.2) is 31.9 Å². The molecule has 116 valence electrons. The molecule has 0 radical (unpaired) electrons. The summed E-state index contributed by atoms with van der Waals surface area (Å²) in [6, 6.07) is 0.471. The predicted octanol–water partition coefficient (Wildman–Crippen LogP) is 1.54. The Morgan fingerprint density at radius 3 is 2.76 bits per heavy atom. The predicted molar refractivity (Wildman–Crippen MR) is 84.3 cm³/mol. The Morgan fingerprint density at radius 1 is 1.29 bits per heavy atom. The number of fused-ring (bicyclic) bond motifs is 1. The van der Waals surface area contributed by atoms with Crippen molar-refractivity contribution in [3.8, 4) is 0 Å². The largest absolute Gasteiger partial charge is 0.312 e. The first-order valence-electron chi connectivity index (χ1n) is 7.59. The molecule has 0 aromatic carbocycles. The van der Waals surface area contributed by atoms with Crippen molar-refractivity contribution in [2.45, 2.75) is 46.2 Å². The smallest absolute Gasteiger partial charge is 0.264 e. The highest BCUT2D eigenvalue weighted by atomic mass is 16.1. The van der Waals surface area contributed by atoms with E-state index >= 15 is 0 Å². The first-order chi connectivity index (χ1) is 9.99. The zero-order valence-electron chi connectivity index (χ0n) is 13.3. The van der Waals surface area contributed by atoms with E-state index in [1.54, 1.807) is 28.8 Å². The van der Waals surface area contributed by atoms with Gasteiger partial charge in [-0.1, -0.05) is 13.8 Å². The minimum Gasteiger partial charge on any atom is -0.312 e. The minimum absolute atomic E-state index is 0.0234. The molecule has 2 aromatic heterocycles. The number of hydrogen-bond donors (Lipinski definition) is 1. The third kappa shape index (κ3) is 3.91. The van der Waals surface area contributed by atoms with Crippen molar-refractivity contribution in [1.82, 2.24) is 24.6 Å². The molecule has 0 spiro atoms. The van der Waals surface area contributed by atoms with Crippen LogP contribution in [0.2, 0.25) is 0 Å². The average Bonchev–Trinajstić information content (AvgIpc) is 2.81. The van der Waals surface area contributed by atoms with Crippen molar-refractivity contribution in [1.29, 1.82) is 0 Å². The van der Waals surface area contributed by atoms with Gasteiger partial charge in [-0.15, -0.1) is 0 Å². The summed E-state index contributed by atoms with van der Waals surface area (Å²) in [5, 5.41) is 8.11. The fourth-order valence-corrected chi connectivity index (χ4v) is 2.34. The van der Waals surface area contributed by atoms with Gasteiger partial charge in [-0.05, 0) is 25.7 Å². The lowest BCUT2D eigenvalue weighted by molar-refractivity contribution is 0.439. The number of aryl methyl sites for hydroxylation is 1. The molecule has 21 heavy (non-hydrogen) atoms. The summed E-state index contributed by atoms with van der Waals surface area (Å²) in [7, 11) is 1.79. The zero-order chi connectivity index (χ0) is 15.4. The summed E-state index contributed by atoms with van der Waals surface area (Å²) in [4.78, 5) is 16.6. The maximum absolute atomic E-state index is 12.3. The van der Waals surface area contributed by atoms with E-state index in [9.17, 15) is 4.79 Å². The van der Waals surface area contributed by atoms with E-state index in [-0.39, 0.29) is 5.56 Å². The maximum Gasteiger partial charge on any atom is 0.264 e. The van der Waals surface area contributed by atoms with E-state index in [1.807, 2.05) is 0 Å². The molecule has 0 fully saturated rings. The van der Waals surface area contributed by atoms with E-state index in [0.29, 0.717) is 23.6 Å². The standard InChI is InChI=1S/C15H25N5O/c1-11(2)5-6-12(3)16-7-8-20-10-17-14-13(15(20)21)9-18-19(14)4/h9-12,16H,5-8H2,1-4H3. The van der Waals surface area contributed by atoms with Gasteiger partial charge in [-0.2, -0.15) is 5.10 Å². The second-order valence-corrected chi connectivity index (χ2v) is 6.07. The van der Waals surface area contributed by atoms with Gasteiger partial charge < -0.3 is 5.32 Å². The SMILES string of the molecule is CC(C)CCC(C)NCCn1cnc2c(cnn2C)c1=O. The molecule has 2 heterocycles. The highest BCUT2D eigenvalue weighted by Crippen LogP contribution is 2.06. The summed E-state index contributed by atoms with van der Waals surface area (Å²) in [6.07, 6.45) is 5.57. The van der Waals surface area contributed by atoms with Crippen molar-refractivity contribution in [3.63, 3.8) is 0 Å². The molecule has 0 amide bonds. The van der Waals surface area contributed by atoms with Crippen LogP contribution in [0.3, 0.4) is 0 Å². The molecule has 0 aliphatic rings. The number of nitrogens with zero attached hydrogens (tertiary/aromatic N) is 4. The lowest BCUT2D eigenvalue weighted by Gasteiger charge is -2.15. The molecular weight excluding hydrogens is 266 g/mol. The Hall–Kier alpha value is -1.69. The highest BCUT2D eigenvalue weighted by Gasteiger charge is 2.08. The zero-order valence-corrected chi connectivity index (χ0v) is 13.3. The molecule has 0 aliphatic heterocycles. The van der Waals surface area contributed by atoms with Crippen LogP contribution in [0.15, 0.2) is 17.3 Å². The Morgan fingerprint density at radius 2 is 2.05 bits per heavy atom. The molecule has 6 nitrogen and oxygen atoms in total. The molecule has 2 aromatic rings. The van der Waals surface area contributed by atoms with Crippen LogP contribution in [0.4, 0.5) is 0 Å². The second kappa shape index (κ2) is 6.85. The Bertz CT molecular complexity index is 643. The summed E-state index contributed by atoms with van der Waals surface area (Å²) in [5.41, 5.74) is 0.610. The van der Waals surface area contributed by atoms with Gasteiger partial charge in [0.15, 0.2) is 5.65 Å². The van der Waals surface area contributed by atoms with Crippen molar-refractivity contribution in [3.05, 3.63) is 22.9 Å². The third-order valence-electron chi connectivity index (χ3n) is 3.74. The van der Waals surface area contributed by atoms with Gasteiger partial charge >= 0.3 is 0 Å². The van der Waals surface area contributed by atoms with Crippen LogP contribution in [0.25, 0.3) is 11.0 Å². The summed E-state index contributed by atoms with van der Waals surface area (Å²) >= 11 is 0. The molecule has 0 bridgehead atoms. The van der Waals surface area contributed by atoms with Crippen LogP contribution in [0.1, 0.15) is 33.6 Å². The second-order valence-electron chi connectivity index (χ2n) is 6.07. The Kier molecular flexibility index (Phi) is 5.12. The van der Waals surface area contributed by atoms with Crippen LogP contribution in [0, 0.1) is 5.92 Å². The first-order valence-corrected chi connectivity index (χ1v) is 7.59. The van der Waals surface area contributed by atoms with E-state index in [0.717, 1.165) is 18.9 Å². The van der Waals surface area contributed by atoms with E-state index in [4.69, 9.17) is 0 Å². The van der Waals surface area contributed by atoms with Crippen molar-refractivity contribution < 1.29 is 0 Å². The summed E-state index contributed by atoms with van der Waals surface area (Å²) < 4.78 is 3.26. The molecule has 0 saturated heterocycles. The maximum atomic E-state index is 12.3. The van der Waals surface area contributed by atoms with Crippen LogP contribution < -0.4 is 10.9 Å². The highest BCUT2D eigenvalue weighted by molar-refractivity contribution is 5.72. The van der Waals surface area contributed by atoms with E-state index < -0.39 is 0 Å². The molecular formula is C15H25N5O. The quantitative estimate of drug-likeness (QED) is 0.840. The average molecular weight is 291 g/mol. The fraction of sp³-hybridized carbons (Fsp3) is 0.667. The fourth-order valence-electron chi connectivity index (χ4n) is 2.34. The number of rotatable bonds is 7. The Balaban J connectivity index is 1.92. The molecule has 1 unspecified atom stereocenters. The summed E-state index contributed by atoms with van der Waals surface area (Å²) in [5.74, 6) is 0.731. The molecule has 1 atom stereocenters. The van der Waals surface area contributed by atoms with Crippen LogP contribution >= 0.6 is 0 Å². The molecule has 6 heteroatoms. The van der Waals surface area contributed by atoms with Gasteiger partial charge in [0.25, 0.3) is 5.56 Å². The van der Waals surface area contributed by atoms with E-state index in [1.165, 1.54) is 6.42 Å².